The minimum atomic E-state index is -2.82. The van der Waals surface area contributed by atoms with Crippen LogP contribution in [0.1, 0.15) is 20.3 Å². The molecular weight excluding hydrogens is 240 g/mol. The molecule has 0 aromatic rings. The van der Waals surface area contributed by atoms with Crippen LogP contribution < -0.4 is 5.32 Å². The van der Waals surface area contributed by atoms with Gasteiger partial charge in [-0.05, 0) is 13.8 Å². The quantitative estimate of drug-likeness (QED) is 0.681. The van der Waals surface area contributed by atoms with Gasteiger partial charge >= 0.3 is 6.61 Å². The summed E-state index contributed by atoms with van der Waals surface area (Å²) in [6.45, 7) is 1.09. The Balaban J connectivity index is 3.77. The Morgan fingerprint density at radius 1 is 1.33 bits per heavy atom. The fourth-order valence-electron chi connectivity index (χ4n) is 1.02. The molecule has 1 N–H and O–H groups in total. The molecule has 1 amide bonds. The van der Waals surface area contributed by atoms with Crippen molar-refractivity contribution < 1.29 is 18.3 Å². The second-order valence-corrected chi connectivity index (χ2v) is 3.58. The third-order valence-electron chi connectivity index (χ3n) is 1.93. The summed E-state index contributed by atoms with van der Waals surface area (Å²) in [6, 6.07) is 0. The van der Waals surface area contributed by atoms with Crippen molar-refractivity contribution in [2.24, 2.45) is 0 Å². The van der Waals surface area contributed by atoms with Crippen molar-refractivity contribution in [2.75, 3.05) is 13.2 Å². The van der Waals surface area contributed by atoms with Gasteiger partial charge in [-0.25, -0.2) is 0 Å². The van der Waals surface area contributed by atoms with E-state index in [2.05, 4.69) is 10.1 Å². The topological polar surface area (TPSA) is 38.3 Å². The van der Waals surface area contributed by atoms with E-state index in [1.807, 2.05) is 44.2 Å². The maximum atomic E-state index is 11.6. The third kappa shape index (κ3) is 11.0. The van der Waals surface area contributed by atoms with E-state index in [9.17, 15) is 13.6 Å². The molecule has 0 saturated heterocycles. The van der Waals surface area contributed by atoms with E-state index in [4.69, 9.17) is 0 Å². The molecule has 0 aromatic heterocycles. The van der Waals surface area contributed by atoms with E-state index in [1.54, 1.807) is 0 Å². The lowest BCUT2D eigenvalue weighted by atomic mass is 10.2. The van der Waals surface area contributed by atoms with Gasteiger partial charge in [0.25, 0.3) is 0 Å². The van der Waals surface area contributed by atoms with Crippen molar-refractivity contribution in [3.8, 4) is 0 Å². The van der Waals surface area contributed by atoms with Crippen LogP contribution in [0.5, 0.6) is 0 Å². The molecule has 0 unspecified atom stereocenters. The summed E-state index contributed by atoms with van der Waals surface area (Å²) in [4.78, 5) is 11.2. The first-order chi connectivity index (χ1) is 8.56. The molecule has 102 valence electrons. The first-order valence-electron chi connectivity index (χ1n) is 5.67. The number of rotatable bonds is 8. The average molecular weight is 259 g/mol. The van der Waals surface area contributed by atoms with Crippen molar-refractivity contribution in [1.82, 2.24) is 5.32 Å². The van der Waals surface area contributed by atoms with Crippen LogP contribution in [0, 0.1) is 0 Å². The fourth-order valence-corrected chi connectivity index (χ4v) is 1.02. The highest BCUT2D eigenvalue weighted by Gasteiger charge is 2.04. The summed E-state index contributed by atoms with van der Waals surface area (Å²) in [5, 5.41) is 2.61. The number of allylic oxidation sites excluding steroid dienone is 5. The highest BCUT2D eigenvalue weighted by atomic mass is 19.3. The standard InChI is InChI=1S/C13H19F2NO2/c1-3-4-5-6-7-11(2)10-16-12(17)8-9-18-13(14)15/h3-7,13H,8-10H2,1-2H3,(H,16,17)/b4-3-,6-5-,11-7+. The predicted molar refractivity (Wildman–Crippen MR) is 67.3 cm³/mol. The number of halogens is 2. The molecule has 0 bridgehead atoms. The van der Waals surface area contributed by atoms with Crippen molar-refractivity contribution in [2.45, 2.75) is 26.9 Å². The number of carbonyl (C=O) groups excluding carboxylic acids is 1. The minimum Gasteiger partial charge on any atom is -0.352 e. The maximum absolute atomic E-state index is 11.6. The lowest BCUT2D eigenvalue weighted by molar-refractivity contribution is -0.138. The lowest BCUT2D eigenvalue weighted by Gasteiger charge is -2.05. The van der Waals surface area contributed by atoms with Crippen LogP contribution in [0.2, 0.25) is 0 Å². The zero-order chi connectivity index (χ0) is 13.8. The first-order valence-corrected chi connectivity index (χ1v) is 5.67. The Kier molecular flexibility index (Phi) is 9.77. The van der Waals surface area contributed by atoms with Crippen molar-refractivity contribution in [3.63, 3.8) is 0 Å². The molecule has 0 spiro atoms. The molecule has 0 heterocycles. The number of alkyl halides is 2. The summed E-state index contributed by atoms with van der Waals surface area (Å²) in [7, 11) is 0. The van der Waals surface area contributed by atoms with Gasteiger partial charge < -0.3 is 10.1 Å². The number of carbonyl (C=O) groups is 1. The Labute approximate surface area is 106 Å². The molecule has 0 aliphatic rings. The van der Waals surface area contributed by atoms with Gasteiger partial charge in [-0.2, -0.15) is 8.78 Å². The molecule has 5 heteroatoms. The molecule has 0 atom stereocenters. The van der Waals surface area contributed by atoms with E-state index in [-0.39, 0.29) is 18.9 Å². The van der Waals surface area contributed by atoms with Crippen LogP contribution in [0.4, 0.5) is 8.78 Å². The minimum absolute atomic E-state index is 0.0635. The van der Waals surface area contributed by atoms with Gasteiger partial charge in [-0.1, -0.05) is 36.0 Å². The Hall–Kier alpha value is -1.49. The molecule has 0 fully saturated rings. The van der Waals surface area contributed by atoms with Gasteiger partial charge in [0, 0.05) is 6.54 Å². The van der Waals surface area contributed by atoms with Crippen molar-refractivity contribution in [1.29, 1.82) is 0 Å². The van der Waals surface area contributed by atoms with E-state index in [0.29, 0.717) is 6.54 Å². The van der Waals surface area contributed by atoms with Gasteiger partial charge in [0.2, 0.25) is 5.91 Å². The molecule has 18 heavy (non-hydrogen) atoms. The van der Waals surface area contributed by atoms with E-state index in [0.717, 1.165) is 5.57 Å². The Morgan fingerprint density at radius 3 is 2.67 bits per heavy atom. The van der Waals surface area contributed by atoms with Crippen LogP contribution in [-0.2, 0) is 9.53 Å². The fraction of sp³-hybridized carbons (Fsp3) is 0.462. The summed E-state index contributed by atoms with van der Waals surface area (Å²) in [6.07, 6.45) is 9.35. The molecule has 0 radical (unpaired) electrons. The summed E-state index contributed by atoms with van der Waals surface area (Å²) < 4.78 is 27.2. The van der Waals surface area contributed by atoms with Gasteiger partial charge in [0.15, 0.2) is 0 Å². The van der Waals surface area contributed by atoms with Crippen LogP contribution in [-0.4, -0.2) is 25.7 Å². The molecule has 0 rings (SSSR count). The Morgan fingerprint density at radius 2 is 2.06 bits per heavy atom. The molecule has 3 nitrogen and oxygen atoms in total. The van der Waals surface area contributed by atoms with Crippen LogP contribution in [0.3, 0.4) is 0 Å². The summed E-state index contributed by atoms with van der Waals surface area (Å²) >= 11 is 0. The van der Waals surface area contributed by atoms with E-state index in [1.165, 1.54) is 0 Å². The molecule has 0 aromatic carbocycles. The highest BCUT2D eigenvalue weighted by Crippen LogP contribution is 1.96. The van der Waals surface area contributed by atoms with Gasteiger partial charge in [0.1, 0.15) is 0 Å². The van der Waals surface area contributed by atoms with Crippen molar-refractivity contribution in [3.05, 3.63) is 36.0 Å². The predicted octanol–water partition coefficient (Wildman–Crippen LogP) is 2.81. The van der Waals surface area contributed by atoms with Crippen LogP contribution in [0.25, 0.3) is 0 Å². The van der Waals surface area contributed by atoms with E-state index < -0.39 is 6.61 Å². The van der Waals surface area contributed by atoms with Gasteiger partial charge in [-0.3, -0.25) is 4.79 Å². The second-order valence-electron chi connectivity index (χ2n) is 3.58. The zero-order valence-corrected chi connectivity index (χ0v) is 10.7. The van der Waals surface area contributed by atoms with E-state index >= 15 is 0 Å². The molecule has 0 aliphatic heterocycles. The molecule has 0 saturated carbocycles. The van der Waals surface area contributed by atoms with Crippen molar-refractivity contribution >= 4 is 5.91 Å². The molecule has 0 aliphatic carbocycles. The Bertz CT molecular complexity index is 323. The lowest BCUT2D eigenvalue weighted by Crippen LogP contribution is -2.26. The summed E-state index contributed by atoms with van der Waals surface area (Å²) in [5.41, 5.74) is 0.971. The number of hydrogen-bond donors (Lipinski definition) is 1. The maximum Gasteiger partial charge on any atom is 0.345 e. The number of hydrogen-bond acceptors (Lipinski definition) is 2. The average Bonchev–Trinajstić information content (AvgIpc) is 2.31. The molecular formula is C13H19F2NO2. The second kappa shape index (κ2) is 10.7. The third-order valence-corrected chi connectivity index (χ3v) is 1.93. The highest BCUT2D eigenvalue weighted by molar-refractivity contribution is 5.76. The SMILES string of the molecule is C\C=C/C=C\C=C(/C)CNC(=O)CCOC(F)F. The number of nitrogens with one attached hydrogen (secondary N) is 1. The number of ether oxygens (including phenoxy) is 1. The normalized spacial score (nSPS) is 12.8. The van der Waals surface area contributed by atoms with Gasteiger partial charge in [-0.15, -0.1) is 0 Å². The largest absolute Gasteiger partial charge is 0.352 e. The first kappa shape index (κ1) is 16.5. The summed E-state index contributed by atoms with van der Waals surface area (Å²) in [5.74, 6) is -0.305. The smallest absolute Gasteiger partial charge is 0.345 e. The monoisotopic (exact) mass is 259 g/mol. The number of amides is 1. The zero-order valence-electron chi connectivity index (χ0n) is 10.7. The van der Waals surface area contributed by atoms with Gasteiger partial charge in [0.05, 0.1) is 13.0 Å². The van der Waals surface area contributed by atoms with Crippen LogP contribution in [0.15, 0.2) is 36.0 Å². The van der Waals surface area contributed by atoms with Crippen LogP contribution >= 0.6 is 0 Å².